The number of allylic oxidation sites excluding steroid dienone is 2. The fourth-order valence-corrected chi connectivity index (χ4v) is 2.49. The Hall–Kier alpha value is -1.34. The Morgan fingerprint density at radius 2 is 2.04 bits per heavy atom. The molecule has 1 aliphatic carbocycles. The molecule has 0 saturated heterocycles. The molecule has 0 saturated carbocycles. The number of methoxy groups -OCH3 is 1. The van der Waals surface area contributed by atoms with Crippen molar-refractivity contribution in [3.05, 3.63) is 29.9 Å². The summed E-state index contributed by atoms with van der Waals surface area (Å²) >= 11 is 0. The van der Waals surface area contributed by atoms with Gasteiger partial charge in [-0.3, -0.25) is 0 Å². The summed E-state index contributed by atoms with van der Waals surface area (Å²) in [6.45, 7) is 3.18. The lowest BCUT2D eigenvalue weighted by Crippen LogP contribution is -2.16. The van der Waals surface area contributed by atoms with Crippen LogP contribution in [0.25, 0.3) is 5.57 Å². The molecule has 1 aromatic rings. The van der Waals surface area contributed by atoms with Crippen LogP contribution in [0, 0.1) is 5.92 Å². The highest BCUT2D eigenvalue weighted by molar-refractivity contribution is 5.60. The van der Waals surface area contributed by atoms with E-state index in [1.54, 1.807) is 19.4 Å². The molecule has 6 heteroatoms. The molecule has 1 aliphatic rings. The second kappa shape index (κ2) is 10.4. The molecule has 0 amide bonds. The van der Waals surface area contributed by atoms with Gasteiger partial charge in [0.05, 0.1) is 38.7 Å². The average molecular weight is 322 g/mol. The third kappa shape index (κ3) is 6.35. The highest BCUT2D eigenvalue weighted by atomic mass is 16.5. The van der Waals surface area contributed by atoms with E-state index in [9.17, 15) is 0 Å². The van der Waals surface area contributed by atoms with Crippen LogP contribution in [0.2, 0.25) is 0 Å². The molecule has 0 aromatic carbocycles. The normalized spacial score (nSPS) is 18.0. The number of hydrogen-bond donors (Lipinski definition) is 1. The molecular weight excluding hydrogens is 296 g/mol. The molecule has 128 valence electrons. The van der Waals surface area contributed by atoms with Gasteiger partial charge in [-0.25, -0.2) is 9.97 Å². The number of nitrogens with zero attached hydrogens (tertiary/aromatic N) is 2. The molecule has 23 heavy (non-hydrogen) atoms. The second-order valence-electron chi connectivity index (χ2n) is 5.58. The van der Waals surface area contributed by atoms with Crippen LogP contribution in [0.5, 0.6) is 0 Å². The van der Waals surface area contributed by atoms with Crippen molar-refractivity contribution in [2.75, 3.05) is 40.1 Å². The van der Waals surface area contributed by atoms with Crippen molar-refractivity contribution in [3.8, 4) is 0 Å². The van der Waals surface area contributed by atoms with Crippen LogP contribution in [0.3, 0.4) is 0 Å². The van der Waals surface area contributed by atoms with Crippen molar-refractivity contribution < 1.29 is 19.3 Å². The summed E-state index contributed by atoms with van der Waals surface area (Å²) in [5.74, 6) is 1.28. The number of aliphatic hydroxyl groups excluding tert-OH is 1. The minimum absolute atomic E-state index is 0.0499. The number of hydrogen-bond acceptors (Lipinski definition) is 6. The van der Waals surface area contributed by atoms with Gasteiger partial charge in [-0.1, -0.05) is 6.08 Å². The van der Waals surface area contributed by atoms with Gasteiger partial charge < -0.3 is 19.3 Å². The minimum Gasteiger partial charge on any atom is -0.390 e. The summed E-state index contributed by atoms with van der Waals surface area (Å²) in [6.07, 6.45) is 6.90. The Morgan fingerprint density at radius 1 is 1.22 bits per heavy atom. The van der Waals surface area contributed by atoms with Gasteiger partial charge in [0, 0.05) is 19.9 Å². The third-order valence-electron chi connectivity index (χ3n) is 3.84. The van der Waals surface area contributed by atoms with Crippen LogP contribution in [-0.2, 0) is 20.8 Å². The predicted molar refractivity (Wildman–Crippen MR) is 86.8 cm³/mol. The van der Waals surface area contributed by atoms with Crippen LogP contribution in [-0.4, -0.2) is 55.2 Å². The second-order valence-corrected chi connectivity index (χ2v) is 5.58. The lowest BCUT2D eigenvalue weighted by Gasteiger charge is -2.21. The van der Waals surface area contributed by atoms with Crippen LogP contribution < -0.4 is 0 Å². The molecule has 1 heterocycles. The number of aromatic nitrogens is 2. The Morgan fingerprint density at radius 3 is 2.78 bits per heavy atom. The highest BCUT2D eigenvalue weighted by Crippen LogP contribution is 2.28. The summed E-state index contributed by atoms with van der Waals surface area (Å²) in [6, 6.07) is 1.73. The summed E-state index contributed by atoms with van der Waals surface area (Å²) in [5, 5.41) is 9.15. The van der Waals surface area contributed by atoms with E-state index in [4.69, 9.17) is 19.3 Å². The molecule has 0 bridgehead atoms. The van der Waals surface area contributed by atoms with Gasteiger partial charge >= 0.3 is 0 Å². The van der Waals surface area contributed by atoms with Crippen molar-refractivity contribution in [2.24, 2.45) is 5.92 Å². The van der Waals surface area contributed by atoms with Gasteiger partial charge in [0.25, 0.3) is 0 Å². The first-order valence-electron chi connectivity index (χ1n) is 8.10. The SMILES string of the molecule is COCCOCCOCC1CC=C(c2nccc(CO)n2)CC1. The molecule has 0 spiro atoms. The Bertz CT molecular complexity index is 493. The van der Waals surface area contributed by atoms with Crippen LogP contribution in [0.4, 0.5) is 0 Å². The van der Waals surface area contributed by atoms with E-state index in [0.717, 1.165) is 31.7 Å². The Kier molecular flexibility index (Phi) is 8.17. The van der Waals surface area contributed by atoms with Crippen LogP contribution in [0.15, 0.2) is 18.3 Å². The van der Waals surface area contributed by atoms with Gasteiger partial charge in [0.1, 0.15) is 0 Å². The maximum atomic E-state index is 9.15. The van der Waals surface area contributed by atoms with E-state index < -0.39 is 0 Å². The third-order valence-corrected chi connectivity index (χ3v) is 3.84. The van der Waals surface area contributed by atoms with E-state index in [0.29, 0.717) is 38.0 Å². The molecular formula is C17H26N2O4. The highest BCUT2D eigenvalue weighted by Gasteiger charge is 2.17. The predicted octanol–water partition coefficient (Wildman–Crippen LogP) is 1.83. The first kappa shape index (κ1) is 18.0. The summed E-state index contributed by atoms with van der Waals surface area (Å²) in [7, 11) is 1.66. The summed E-state index contributed by atoms with van der Waals surface area (Å²) in [5.41, 5.74) is 1.83. The number of rotatable bonds is 10. The van der Waals surface area contributed by atoms with Gasteiger partial charge in [0.2, 0.25) is 0 Å². The van der Waals surface area contributed by atoms with Gasteiger partial charge in [0.15, 0.2) is 5.82 Å². The van der Waals surface area contributed by atoms with Gasteiger partial charge in [-0.15, -0.1) is 0 Å². The van der Waals surface area contributed by atoms with Crippen molar-refractivity contribution in [3.63, 3.8) is 0 Å². The fourth-order valence-electron chi connectivity index (χ4n) is 2.49. The quantitative estimate of drug-likeness (QED) is 0.663. The standard InChI is InChI=1S/C17H26N2O4/c1-21-8-9-22-10-11-23-13-14-2-4-15(5-3-14)17-18-7-6-16(12-20)19-17/h4,6-7,14,20H,2-3,5,8-13H2,1H3. The smallest absolute Gasteiger partial charge is 0.155 e. The molecule has 0 fully saturated rings. The molecule has 0 aliphatic heterocycles. The van der Waals surface area contributed by atoms with Crippen LogP contribution in [0.1, 0.15) is 30.8 Å². The zero-order valence-electron chi connectivity index (χ0n) is 13.7. The first-order chi connectivity index (χ1) is 11.3. The van der Waals surface area contributed by atoms with E-state index in [-0.39, 0.29) is 6.61 Å². The van der Waals surface area contributed by atoms with Crippen molar-refractivity contribution in [2.45, 2.75) is 25.9 Å². The molecule has 1 atom stereocenters. The topological polar surface area (TPSA) is 73.7 Å². The molecule has 6 nitrogen and oxygen atoms in total. The molecule has 1 N–H and O–H groups in total. The first-order valence-corrected chi connectivity index (χ1v) is 8.10. The Labute approximate surface area is 137 Å². The number of ether oxygens (including phenoxy) is 3. The number of aliphatic hydroxyl groups is 1. The fraction of sp³-hybridized carbons (Fsp3) is 0.647. The monoisotopic (exact) mass is 322 g/mol. The lowest BCUT2D eigenvalue weighted by atomic mass is 9.90. The lowest BCUT2D eigenvalue weighted by molar-refractivity contribution is 0.0148. The van der Waals surface area contributed by atoms with E-state index >= 15 is 0 Å². The maximum absolute atomic E-state index is 9.15. The van der Waals surface area contributed by atoms with Crippen molar-refractivity contribution >= 4 is 5.57 Å². The van der Waals surface area contributed by atoms with Crippen molar-refractivity contribution in [1.29, 1.82) is 0 Å². The molecule has 2 rings (SSSR count). The van der Waals surface area contributed by atoms with Crippen molar-refractivity contribution in [1.82, 2.24) is 9.97 Å². The molecule has 0 radical (unpaired) electrons. The average Bonchev–Trinajstić information content (AvgIpc) is 2.61. The van der Waals surface area contributed by atoms with Gasteiger partial charge in [-0.2, -0.15) is 0 Å². The minimum atomic E-state index is -0.0499. The zero-order chi connectivity index (χ0) is 16.3. The summed E-state index contributed by atoms with van der Waals surface area (Å²) < 4.78 is 15.9. The zero-order valence-corrected chi connectivity index (χ0v) is 13.7. The Balaban J connectivity index is 1.67. The molecule has 1 unspecified atom stereocenters. The van der Waals surface area contributed by atoms with Crippen LogP contribution >= 0.6 is 0 Å². The maximum Gasteiger partial charge on any atom is 0.155 e. The summed E-state index contributed by atoms with van der Waals surface area (Å²) in [4.78, 5) is 8.66. The van der Waals surface area contributed by atoms with E-state index in [2.05, 4.69) is 16.0 Å². The molecule has 1 aromatic heterocycles. The largest absolute Gasteiger partial charge is 0.390 e. The van der Waals surface area contributed by atoms with Gasteiger partial charge in [-0.05, 0) is 36.8 Å². The van der Waals surface area contributed by atoms with E-state index in [1.807, 2.05) is 0 Å². The van der Waals surface area contributed by atoms with E-state index in [1.165, 1.54) is 5.57 Å².